The first-order valence-electron chi connectivity index (χ1n) is 20.0. The van der Waals surface area contributed by atoms with Crippen molar-refractivity contribution in [3.8, 4) is 0 Å². The first-order valence-corrected chi connectivity index (χ1v) is 20.0. The Morgan fingerprint density at radius 1 is 0.909 bits per heavy atom. The number of ether oxygens (including phenoxy) is 1. The van der Waals surface area contributed by atoms with Gasteiger partial charge >= 0.3 is 29.6 Å². The molecule has 2 aromatic heterocycles. The summed E-state index contributed by atoms with van der Waals surface area (Å²) in [6.07, 6.45) is 22.2. The zero-order chi connectivity index (χ0) is 38.5. The van der Waals surface area contributed by atoms with Crippen molar-refractivity contribution < 1.29 is 58.2 Å². The van der Waals surface area contributed by atoms with E-state index in [-0.39, 0.29) is 71.9 Å². The molecule has 0 unspecified atom stereocenters. The molecule has 4 rings (SSSR count). The predicted molar refractivity (Wildman–Crippen MR) is 208 cm³/mol. The number of methoxy groups -OCH3 is 1. The van der Waals surface area contributed by atoms with E-state index in [4.69, 9.17) is 9.72 Å². The fourth-order valence-corrected chi connectivity index (χ4v) is 7.14. The number of likely N-dealkylation sites (tertiary alicyclic amines) is 1. The molecule has 1 N–H and O–H groups in total. The van der Waals surface area contributed by atoms with Gasteiger partial charge in [0.15, 0.2) is 0 Å². The summed E-state index contributed by atoms with van der Waals surface area (Å²) in [4.78, 5) is 57.6. The summed E-state index contributed by atoms with van der Waals surface area (Å²) in [5.41, 5.74) is 3.39. The summed E-state index contributed by atoms with van der Waals surface area (Å²) in [6, 6.07) is 8.27. The fourth-order valence-electron chi connectivity index (χ4n) is 7.14. The van der Waals surface area contributed by atoms with Gasteiger partial charge in [-0.1, -0.05) is 69.2 Å². The summed E-state index contributed by atoms with van der Waals surface area (Å²) in [5.74, 6) is -1.64. The van der Waals surface area contributed by atoms with Crippen LogP contribution in [0.25, 0.3) is 11.0 Å². The number of benzene rings is 1. The number of aryl methyl sites for hydroxylation is 1. The van der Waals surface area contributed by atoms with E-state index < -0.39 is 11.9 Å². The molecule has 294 valence electrons. The van der Waals surface area contributed by atoms with Crippen LogP contribution in [0.15, 0.2) is 53.5 Å². The third-order valence-electron chi connectivity index (χ3n) is 10.1. The van der Waals surface area contributed by atoms with E-state index in [0.29, 0.717) is 62.0 Å². The summed E-state index contributed by atoms with van der Waals surface area (Å²) >= 11 is 0. The molecule has 1 aliphatic rings. The number of allylic oxidation sites excluding steroid dienone is 2. The molecule has 1 fully saturated rings. The maximum Gasteiger partial charge on any atom is 1.00 e. The average Bonchev–Trinajstić information content (AvgIpc) is 3.57. The maximum atomic E-state index is 14.3. The van der Waals surface area contributed by atoms with Gasteiger partial charge in [-0.05, 0) is 99.1 Å². The van der Waals surface area contributed by atoms with Gasteiger partial charge in [0.2, 0.25) is 5.91 Å². The smallest absolute Gasteiger partial charge is 0.550 e. The van der Waals surface area contributed by atoms with Crippen LogP contribution in [-0.4, -0.2) is 65.6 Å². The summed E-state index contributed by atoms with van der Waals surface area (Å²) in [5, 5.41) is 13.3. The van der Waals surface area contributed by atoms with E-state index in [2.05, 4.69) is 17.5 Å². The third kappa shape index (κ3) is 15.6. The van der Waals surface area contributed by atoms with Crippen LogP contribution in [-0.2, 0) is 33.7 Å². The molecule has 0 saturated carbocycles. The predicted octanol–water partition coefficient (Wildman–Crippen LogP) is 3.44. The number of hydrogen-bond acceptors (Lipinski definition) is 7. The summed E-state index contributed by atoms with van der Waals surface area (Å²) < 4.78 is 20.3. The number of amides is 2. The molecule has 3 aromatic rings. The zero-order valence-corrected chi connectivity index (χ0v) is 35.1. The van der Waals surface area contributed by atoms with Gasteiger partial charge < -0.3 is 29.4 Å². The molecule has 12 heteroatoms. The van der Waals surface area contributed by atoms with Crippen LogP contribution in [0.1, 0.15) is 130 Å². The second-order valence-corrected chi connectivity index (χ2v) is 14.4. The molecule has 0 aliphatic carbocycles. The molecular formula is C43H58FN4NaO6. The van der Waals surface area contributed by atoms with Gasteiger partial charge in [-0.2, -0.15) is 0 Å². The van der Waals surface area contributed by atoms with Crippen molar-refractivity contribution in [2.75, 3.05) is 33.4 Å². The van der Waals surface area contributed by atoms with Gasteiger partial charge in [-0.3, -0.25) is 19.4 Å². The van der Waals surface area contributed by atoms with Crippen LogP contribution in [0, 0.1) is 5.82 Å². The van der Waals surface area contributed by atoms with E-state index >= 15 is 0 Å². The van der Waals surface area contributed by atoms with E-state index in [1.807, 2.05) is 6.07 Å². The molecule has 0 radical (unpaired) electrons. The van der Waals surface area contributed by atoms with Crippen LogP contribution in [0.2, 0.25) is 0 Å². The Hall–Kier alpha value is -3.38. The van der Waals surface area contributed by atoms with Gasteiger partial charge in [0, 0.05) is 51.9 Å². The standard InChI is InChI=1S/C43H59FN4O6.Na/c1-54-29-25-45-42(52)40-36(18-15-13-11-9-7-5-3-2-4-6-8-10-12-14-16-20-39(50)51)41-37(48(43(40)53)28-27-47-26-17-19-38(47)49)31-34(32-46-41)30-33-21-23-35(44)24-22-33;/h2,4,21-24,31-32H,3,5-20,25-30H2,1H3,(H,45,52)(H,50,51);/q;+1/p-1/b4-2-;. The molecule has 1 aliphatic heterocycles. The van der Waals surface area contributed by atoms with Crippen LogP contribution in [0.5, 0.6) is 0 Å². The number of carbonyl (C=O) groups is 3. The van der Waals surface area contributed by atoms with Crippen LogP contribution < -0.4 is 45.5 Å². The Morgan fingerprint density at radius 2 is 1.56 bits per heavy atom. The van der Waals surface area contributed by atoms with Crippen molar-refractivity contribution in [1.29, 1.82) is 0 Å². The minimum absolute atomic E-state index is 0. The minimum Gasteiger partial charge on any atom is -0.550 e. The number of pyridine rings is 2. The fraction of sp³-hybridized carbons (Fsp3) is 0.558. The number of hydrogen-bond donors (Lipinski definition) is 1. The van der Waals surface area contributed by atoms with Crippen molar-refractivity contribution in [2.45, 2.75) is 122 Å². The van der Waals surface area contributed by atoms with E-state index in [1.54, 1.807) is 34.9 Å². The monoisotopic (exact) mass is 768 g/mol. The van der Waals surface area contributed by atoms with E-state index in [0.717, 1.165) is 94.6 Å². The SMILES string of the molecule is COCCNC(=O)c1c(CCCCCCCC/C=C\CCCCCCCC(=O)[O-])c2ncc(Cc3ccc(F)cc3)cc2n(CCN2CCCC2=O)c1=O.[Na+]. The minimum atomic E-state index is -0.960. The topological polar surface area (TPSA) is 134 Å². The van der Waals surface area contributed by atoms with Crippen molar-refractivity contribution in [3.05, 3.63) is 87.1 Å². The van der Waals surface area contributed by atoms with Crippen LogP contribution in [0.4, 0.5) is 4.39 Å². The molecule has 2 amide bonds. The number of carboxylic acid groups (broad SMARTS) is 1. The summed E-state index contributed by atoms with van der Waals surface area (Å²) in [7, 11) is 1.56. The Labute approximate surface area is 347 Å². The second kappa shape index (κ2) is 25.7. The number of nitrogens with zero attached hydrogens (tertiary/aromatic N) is 3. The number of aromatic nitrogens is 2. The number of carbonyl (C=O) groups excluding carboxylic acids is 3. The van der Waals surface area contributed by atoms with Gasteiger partial charge in [0.05, 0.1) is 17.6 Å². The number of aliphatic carboxylic acids is 1. The Kier molecular flexibility index (Phi) is 21.5. The first-order chi connectivity index (χ1) is 26.3. The Balaban J connectivity index is 0.00000812. The Morgan fingerprint density at radius 3 is 2.20 bits per heavy atom. The quantitative estimate of drug-likeness (QED) is 0.0752. The maximum absolute atomic E-state index is 14.3. The van der Waals surface area contributed by atoms with Gasteiger partial charge in [0.25, 0.3) is 11.5 Å². The number of nitrogens with one attached hydrogen (secondary N) is 1. The molecule has 0 atom stereocenters. The molecule has 0 spiro atoms. The van der Waals surface area contributed by atoms with Crippen molar-refractivity contribution in [3.63, 3.8) is 0 Å². The number of halogens is 1. The number of rotatable bonds is 26. The number of unbranched alkanes of at least 4 members (excludes halogenated alkanes) is 11. The van der Waals surface area contributed by atoms with Crippen molar-refractivity contribution >= 4 is 28.8 Å². The largest absolute Gasteiger partial charge is 1.00 e. The molecule has 10 nitrogen and oxygen atoms in total. The van der Waals surface area contributed by atoms with Crippen LogP contribution >= 0.6 is 0 Å². The number of carboxylic acids is 1. The molecule has 0 bridgehead atoms. The molecule has 1 aromatic carbocycles. The van der Waals surface area contributed by atoms with Crippen molar-refractivity contribution in [2.24, 2.45) is 0 Å². The van der Waals surface area contributed by atoms with Gasteiger partial charge in [0.1, 0.15) is 11.4 Å². The van der Waals surface area contributed by atoms with E-state index in [9.17, 15) is 28.7 Å². The molecular weight excluding hydrogens is 710 g/mol. The Bertz CT molecular complexity index is 1750. The van der Waals surface area contributed by atoms with Crippen LogP contribution in [0.3, 0.4) is 0 Å². The third-order valence-corrected chi connectivity index (χ3v) is 10.1. The second-order valence-electron chi connectivity index (χ2n) is 14.4. The first kappa shape index (κ1) is 46.0. The number of fused-ring (bicyclic) bond motifs is 1. The zero-order valence-electron chi connectivity index (χ0n) is 33.1. The van der Waals surface area contributed by atoms with Gasteiger partial charge in [-0.15, -0.1) is 0 Å². The van der Waals surface area contributed by atoms with E-state index in [1.165, 1.54) is 12.1 Å². The molecule has 55 heavy (non-hydrogen) atoms. The molecule has 1 saturated heterocycles. The summed E-state index contributed by atoms with van der Waals surface area (Å²) in [6.45, 7) is 1.84. The molecule has 3 heterocycles. The van der Waals surface area contributed by atoms with Crippen molar-refractivity contribution in [1.82, 2.24) is 19.8 Å². The van der Waals surface area contributed by atoms with Gasteiger partial charge in [-0.25, -0.2) is 4.39 Å². The average molecular weight is 769 g/mol. The normalized spacial score (nSPS) is 12.8.